The SMILES string of the molecule is CC1(C)C[C@@H](C(=O)O[C@@H]2O[C@H](CO[C@@H]3O[C@H](CO)[C@@H](O)[C@H](O)[C@H]3O[C@@H]3O[C@H](CO)[C@@H](O)[C@H](O)[C@H]3O)[C@@H](O)[C@H](O[C@@H]3O[C@H](CO)[C@@H](O)[C@H](O)[C@H]3O)[C@H]2O)[C@H]2CC[C@]3(C)C(=CC[C@@H]4[C@@]5(C)CC[C@H](O)[C@@](C)(C(=O)O)[C@@H]5CC[C@]43C)[C@@H]2C1. The van der Waals surface area contributed by atoms with E-state index in [0.29, 0.717) is 44.9 Å². The van der Waals surface area contributed by atoms with Crippen molar-refractivity contribution in [2.24, 2.45) is 56.7 Å². The van der Waals surface area contributed by atoms with Gasteiger partial charge in [0.05, 0.1) is 43.9 Å². The van der Waals surface area contributed by atoms with Gasteiger partial charge < -0.3 is 114 Å². The molecule has 0 aromatic rings. The fraction of sp³-hybridized carbons (Fsp3) is 0.926. The Hall–Kier alpha value is -2.16. The quantitative estimate of drug-likeness (QED) is 0.0641. The Kier molecular flexibility index (Phi) is 17.6. The van der Waals surface area contributed by atoms with Crippen molar-refractivity contribution in [3.63, 3.8) is 0 Å². The first kappa shape index (κ1) is 61.4. The van der Waals surface area contributed by atoms with Gasteiger partial charge in [-0.05, 0) is 110 Å². The van der Waals surface area contributed by atoms with Crippen molar-refractivity contribution in [2.75, 3.05) is 26.4 Å². The van der Waals surface area contributed by atoms with Gasteiger partial charge in [0.1, 0.15) is 97.7 Å². The van der Waals surface area contributed by atoms with Crippen molar-refractivity contribution in [3.8, 4) is 0 Å². The van der Waals surface area contributed by atoms with Gasteiger partial charge in [-0.3, -0.25) is 9.59 Å². The molecule has 9 aliphatic rings. The lowest BCUT2D eigenvalue weighted by Gasteiger charge is -2.70. The molecule has 4 saturated carbocycles. The van der Waals surface area contributed by atoms with E-state index in [0.717, 1.165) is 12.8 Å². The predicted molar refractivity (Wildman–Crippen MR) is 265 cm³/mol. The molecule has 15 N–H and O–H groups in total. The molecular formula is C54H86O25. The van der Waals surface area contributed by atoms with Crippen LogP contribution in [0.3, 0.4) is 0 Å². The van der Waals surface area contributed by atoms with Crippen LogP contribution in [0.1, 0.15) is 99.3 Å². The smallest absolute Gasteiger partial charge is 0.312 e. The number of aliphatic hydroxyl groups is 14. The number of carboxylic acids is 1. The maximum Gasteiger partial charge on any atom is 0.312 e. The number of allylic oxidation sites excluding steroid dienone is 2. The van der Waals surface area contributed by atoms with Crippen LogP contribution in [-0.2, 0) is 47.5 Å². The molecule has 9 rings (SSSR count). The first-order valence-corrected chi connectivity index (χ1v) is 28.0. The second-order valence-corrected chi connectivity index (χ2v) is 26.0. The van der Waals surface area contributed by atoms with Crippen LogP contribution in [0.15, 0.2) is 11.6 Å². The lowest BCUT2D eigenvalue weighted by Crippen LogP contribution is -2.66. The van der Waals surface area contributed by atoms with E-state index in [4.69, 9.17) is 37.9 Å². The van der Waals surface area contributed by atoms with Crippen LogP contribution >= 0.6 is 0 Å². The molecule has 0 aromatic carbocycles. The average molecular weight is 1140 g/mol. The Morgan fingerprint density at radius 2 is 1.11 bits per heavy atom. The van der Waals surface area contributed by atoms with Gasteiger partial charge in [0.15, 0.2) is 18.9 Å². The lowest BCUT2D eigenvalue weighted by molar-refractivity contribution is -0.377. The molecule has 8 fully saturated rings. The predicted octanol–water partition coefficient (Wildman–Crippen LogP) is -3.11. The van der Waals surface area contributed by atoms with E-state index >= 15 is 4.79 Å². The summed E-state index contributed by atoms with van der Waals surface area (Å²) in [5, 5.41) is 161. The van der Waals surface area contributed by atoms with Crippen LogP contribution in [-0.4, -0.2) is 244 Å². The summed E-state index contributed by atoms with van der Waals surface area (Å²) in [6, 6.07) is 0. The second-order valence-electron chi connectivity index (χ2n) is 26.0. The summed E-state index contributed by atoms with van der Waals surface area (Å²) in [4.78, 5) is 28.0. The Labute approximate surface area is 457 Å². The zero-order valence-electron chi connectivity index (χ0n) is 45.6. The third-order valence-electron chi connectivity index (χ3n) is 21.3. The largest absolute Gasteiger partial charge is 0.481 e. The zero-order valence-corrected chi connectivity index (χ0v) is 45.6. The molecule has 452 valence electrons. The maximum atomic E-state index is 15.0. The molecule has 25 heteroatoms. The van der Waals surface area contributed by atoms with E-state index in [-0.39, 0.29) is 39.9 Å². The Morgan fingerprint density at radius 1 is 0.570 bits per heavy atom. The molecule has 0 aromatic heterocycles. The number of aliphatic hydroxyl groups excluding tert-OH is 14. The van der Waals surface area contributed by atoms with Crippen LogP contribution < -0.4 is 0 Å². The number of esters is 1. The molecule has 25 nitrogen and oxygen atoms in total. The molecule has 0 unspecified atom stereocenters. The van der Waals surface area contributed by atoms with Crippen LogP contribution in [0.4, 0.5) is 0 Å². The summed E-state index contributed by atoms with van der Waals surface area (Å²) >= 11 is 0. The van der Waals surface area contributed by atoms with Crippen molar-refractivity contribution < 1.29 is 124 Å². The summed E-state index contributed by atoms with van der Waals surface area (Å²) in [6.45, 7) is 9.36. The maximum absolute atomic E-state index is 15.0. The number of ether oxygens (including phenoxy) is 8. The first-order chi connectivity index (χ1) is 37.0. The van der Waals surface area contributed by atoms with Crippen LogP contribution in [0.5, 0.6) is 0 Å². The minimum Gasteiger partial charge on any atom is -0.481 e. The molecule has 5 aliphatic carbocycles. The van der Waals surface area contributed by atoms with Crippen LogP contribution in [0, 0.1) is 56.7 Å². The van der Waals surface area contributed by atoms with Crippen LogP contribution in [0.25, 0.3) is 0 Å². The summed E-state index contributed by atoms with van der Waals surface area (Å²) in [7, 11) is 0. The second kappa shape index (κ2) is 22.7. The number of rotatable bonds is 13. The summed E-state index contributed by atoms with van der Waals surface area (Å²) in [5.41, 5.74) is -1.37. The van der Waals surface area contributed by atoms with Gasteiger partial charge in [0.25, 0.3) is 0 Å². The van der Waals surface area contributed by atoms with Gasteiger partial charge in [0, 0.05) is 0 Å². The molecule has 4 heterocycles. The highest BCUT2D eigenvalue weighted by atomic mass is 16.8. The normalized spacial score (nSPS) is 53.5. The summed E-state index contributed by atoms with van der Waals surface area (Å²) in [5.74, 6) is -2.89. The minimum absolute atomic E-state index is 0.0755. The Morgan fingerprint density at radius 3 is 1.68 bits per heavy atom. The van der Waals surface area contributed by atoms with E-state index in [1.165, 1.54) is 5.57 Å². The average Bonchev–Trinajstić information content (AvgIpc) is 2.76. The highest BCUT2D eigenvalue weighted by Crippen LogP contribution is 2.75. The molecule has 30 atom stereocenters. The standard InChI is InChI=1S/C54H86O25/c1-50(2)15-22-21(9-13-52(4)24(22)7-8-29-51(3)12-11-31(58)54(6,49(70)71)30(51)10-14-53(29,52)5)23(16-50)44(69)79-47-41(68)42(77-45-39(66)36(63)32(59)25(17-55)73-45)35(62)28(76-47)20-72-48-43(38(65)34(61)27(19-57)75-48)78-46-40(67)37(64)33(60)26(18-56)74-46/h7,21-23,25-43,45-48,55-68H,8-20H2,1-6H3,(H,70,71)/t21-,22+,23+,25+,26+,27+,28+,29+,30+,31-,32+,33+,34+,35+,36-,37-,38-,39+,40+,41+,42-,43+,45-,46-,47-,48+,51+,52+,53+,54-/m0/s1. The molecule has 79 heavy (non-hydrogen) atoms. The van der Waals surface area contributed by atoms with Gasteiger partial charge in [-0.2, -0.15) is 0 Å². The lowest BCUT2D eigenvalue weighted by atomic mass is 9.34. The monoisotopic (exact) mass is 1130 g/mol. The summed E-state index contributed by atoms with van der Waals surface area (Å²) in [6.07, 6.45) is -29.8. The van der Waals surface area contributed by atoms with Crippen molar-refractivity contribution in [1.82, 2.24) is 0 Å². The third kappa shape index (κ3) is 10.3. The summed E-state index contributed by atoms with van der Waals surface area (Å²) < 4.78 is 46.8. The number of carbonyl (C=O) groups is 2. The molecular weight excluding hydrogens is 1050 g/mol. The molecule has 0 amide bonds. The van der Waals surface area contributed by atoms with Gasteiger partial charge in [-0.15, -0.1) is 0 Å². The van der Waals surface area contributed by atoms with E-state index in [9.17, 15) is 81.4 Å². The van der Waals surface area contributed by atoms with E-state index in [1.54, 1.807) is 6.92 Å². The highest BCUT2D eigenvalue weighted by Gasteiger charge is 2.70. The van der Waals surface area contributed by atoms with Crippen LogP contribution in [0.2, 0.25) is 0 Å². The molecule has 0 bridgehead atoms. The number of hydrogen-bond donors (Lipinski definition) is 15. The minimum atomic E-state index is -2.06. The fourth-order valence-electron chi connectivity index (χ4n) is 16.5. The van der Waals surface area contributed by atoms with Gasteiger partial charge in [-0.1, -0.05) is 46.3 Å². The third-order valence-corrected chi connectivity index (χ3v) is 21.3. The van der Waals surface area contributed by atoms with E-state index in [1.807, 2.05) is 0 Å². The van der Waals surface area contributed by atoms with Gasteiger partial charge in [-0.25, -0.2) is 0 Å². The number of hydrogen-bond acceptors (Lipinski definition) is 24. The van der Waals surface area contributed by atoms with Crippen molar-refractivity contribution in [2.45, 2.75) is 228 Å². The molecule has 4 aliphatic heterocycles. The highest BCUT2D eigenvalue weighted by molar-refractivity contribution is 5.76. The van der Waals surface area contributed by atoms with Gasteiger partial charge >= 0.3 is 11.9 Å². The molecule has 0 spiro atoms. The topological polar surface area (TPSA) is 411 Å². The fourth-order valence-corrected chi connectivity index (χ4v) is 16.5. The Bertz CT molecular complexity index is 2200. The number of carboxylic acid groups (broad SMARTS) is 1. The van der Waals surface area contributed by atoms with E-state index in [2.05, 4.69) is 40.7 Å². The van der Waals surface area contributed by atoms with E-state index < -0.39 is 184 Å². The number of fused-ring (bicyclic) bond motifs is 7. The number of carbonyl (C=O) groups excluding carboxylic acids is 1. The molecule has 0 radical (unpaired) electrons. The zero-order chi connectivity index (χ0) is 57.8. The number of aliphatic carboxylic acids is 1. The first-order valence-electron chi connectivity index (χ1n) is 28.0. The van der Waals surface area contributed by atoms with Crippen molar-refractivity contribution >= 4 is 11.9 Å². The van der Waals surface area contributed by atoms with Crippen molar-refractivity contribution in [1.29, 1.82) is 0 Å². The molecule has 4 saturated heterocycles. The Balaban J connectivity index is 0.978. The van der Waals surface area contributed by atoms with Gasteiger partial charge in [0.2, 0.25) is 6.29 Å². The van der Waals surface area contributed by atoms with Crippen molar-refractivity contribution in [3.05, 3.63) is 11.6 Å².